The van der Waals surface area contributed by atoms with E-state index < -0.39 is 5.54 Å². The summed E-state index contributed by atoms with van der Waals surface area (Å²) < 4.78 is 6.16. The summed E-state index contributed by atoms with van der Waals surface area (Å²) in [6.07, 6.45) is 5.16. The molecule has 0 saturated heterocycles. The average molecular weight is 370 g/mol. The van der Waals surface area contributed by atoms with Gasteiger partial charge in [-0.2, -0.15) is 0 Å². The Kier molecular flexibility index (Phi) is 4.62. The van der Waals surface area contributed by atoms with Crippen molar-refractivity contribution < 1.29 is 9.53 Å². The zero-order valence-electron chi connectivity index (χ0n) is 12.1. The molecule has 2 atom stereocenters. The van der Waals surface area contributed by atoms with Crippen LogP contribution < -0.4 is 5.32 Å². The third kappa shape index (κ3) is 3.63. The second-order valence-electron chi connectivity index (χ2n) is 5.93. The molecule has 0 aliphatic heterocycles. The number of carbonyl (C=O) groups is 1. The molecule has 0 aromatic heterocycles. The summed E-state index contributed by atoms with van der Waals surface area (Å²) in [5.41, 5.74) is -0.455. The second kappa shape index (κ2) is 6.31. The Bertz CT molecular complexity index is 518. The Morgan fingerprint density at radius 3 is 2.67 bits per heavy atom. The minimum Gasteiger partial charge on any atom is -0.468 e. The number of ether oxygens (including phenoxy) is 1. The molecule has 0 heterocycles. The first-order valence-corrected chi connectivity index (χ1v) is 9.07. The highest BCUT2D eigenvalue weighted by Gasteiger charge is 2.48. The number of carbonyl (C=O) groups excluding carboxylic acids is 1. The average Bonchev–Trinajstić information content (AvgIpc) is 3.20. The van der Waals surface area contributed by atoms with E-state index in [1.165, 1.54) is 24.8 Å². The maximum atomic E-state index is 12.2. The summed E-state index contributed by atoms with van der Waals surface area (Å²) in [4.78, 5) is 13.5. The summed E-state index contributed by atoms with van der Waals surface area (Å²) in [5.74, 6) is -0.0895. The minimum atomic E-state index is -0.455. The molecule has 0 spiro atoms. The van der Waals surface area contributed by atoms with E-state index in [0.29, 0.717) is 11.3 Å². The summed E-state index contributed by atoms with van der Waals surface area (Å²) in [7, 11) is 1.49. The van der Waals surface area contributed by atoms with Crippen molar-refractivity contribution >= 4 is 33.7 Å². The third-order valence-electron chi connectivity index (χ3n) is 4.22. The van der Waals surface area contributed by atoms with Gasteiger partial charge in [-0.15, -0.1) is 11.8 Å². The third-order valence-corrected chi connectivity index (χ3v) is 6.03. The van der Waals surface area contributed by atoms with E-state index in [2.05, 4.69) is 45.5 Å². The van der Waals surface area contributed by atoms with Crippen LogP contribution in [0, 0.1) is 0 Å². The van der Waals surface area contributed by atoms with Gasteiger partial charge in [-0.05, 0) is 56.4 Å². The fourth-order valence-corrected chi connectivity index (χ4v) is 4.54. The van der Waals surface area contributed by atoms with Gasteiger partial charge in [0.25, 0.3) is 0 Å². The van der Waals surface area contributed by atoms with Crippen LogP contribution >= 0.6 is 27.7 Å². The number of methoxy groups -OCH3 is 1. The summed E-state index contributed by atoms with van der Waals surface area (Å²) >= 11 is 5.33. The summed E-state index contributed by atoms with van der Waals surface area (Å²) in [6, 6.07) is 8.89. The molecule has 0 bridgehead atoms. The highest BCUT2D eigenvalue weighted by Crippen LogP contribution is 2.42. The van der Waals surface area contributed by atoms with E-state index in [0.717, 1.165) is 23.7 Å². The molecule has 2 saturated carbocycles. The lowest BCUT2D eigenvalue weighted by molar-refractivity contribution is -0.148. The first-order valence-electron chi connectivity index (χ1n) is 7.40. The molecule has 0 amide bonds. The van der Waals surface area contributed by atoms with Crippen molar-refractivity contribution in [2.75, 3.05) is 7.11 Å². The van der Waals surface area contributed by atoms with Crippen LogP contribution in [-0.2, 0) is 9.53 Å². The van der Waals surface area contributed by atoms with Gasteiger partial charge >= 0.3 is 5.97 Å². The lowest BCUT2D eigenvalue weighted by Crippen LogP contribution is -2.52. The van der Waals surface area contributed by atoms with E-state index in [1.807, 2.05) is 11.8 Å². The molecule has 1 aromatic rings. The number of hydrogen-bond donors (Lipinski definition) is 1. The van der Waals surface area contributed by atoms with E-state index >= 15 is 0 Å². The number of thioether (sulfide) groups is 1. The number of hydrogen-bond acceptors (Lipinski definition) is 4. The van der Waals surface area contributed by atoms with Gasteiger partial charge in [-0.1, -0.05) is 15.9 Å². The Hall–Kier alpha value is -0.520. The van der Waals surface area contributed by atoms with Gasteiger partial charge in [-0.25, -0.2) is 0 Å². The largest absolute Gasteiger partial charge is 0.468 e. The van der Waals surface area contributed by atoms with E-state index in [9.17, 15) is 4.79 Å². The smallest absolute Gasteiger partial charge is 0.326 e. The first kappa shape index (κ1) is 15.4. The van der Waals surface area contributed by atoms with Crippen molar-refractivity contribution in [3.8, 4) is 0 Å². The first-order chi connectivity index (χ1) is 10.1. The monoisotopic (exact) mass is 369 g/mol. The molecule has 114 valence electrons. The number of halogens is 1. The molecule has 3 rings (SSSR count). The fourth-order valence-electron chi connectivity index (χ4n) is 3.00. The molecular formula is C16H20BrNO2S. The zero-order chi connectivity index (χ0) is 14.9. The van der Waals surface area contributed by atoms with Crippen molar-refractivity contribution in [2.45, 2.75) is 53.8 Å². The Labute approximate surface area is 138 Å². The van der Waals surface area contributed by atoms with Crippen LogP contribution in [0.15, 0.2) is 33.6 Å². The molecule has 2 aliphatic rings. The Morgan fingerprint density at radius 1 is 1.33 bits per heavy atom. The molecule has 1 N–H and O–H groups in total. The van der Waals surface area contributed by atoms with E-state index in [1.54, 1.807) is 0 Å². The van der Waals surface area contributed by atoms with Crippen molar-refractivity contribution in [3.63, 3.8) is 0 Å². The summed E-state index contributed by atoms with van der Waals surface area (Å²) in [6.45, 7) is 0. The van der Waals surface area contributed by atoms with Gasteiger partial charge in [0.2, 0.25) is 0 Å². The number of esters is 1. The standard InChI is InChI=1S/C16H20BrNO2S/c1-20-15(19)16(18-12-4-5-12)9-8-14(10-16)21-13-6-2-11(17)3-7-13/h2-3,6-7,12,14,18H,4-5,8-10H2,1H3. The van der Waals surface area contributed by atoms with Crippen LogP contribution in [0.5, 0.6) is 0 Å². The molecule has 1 aromatic carbocycles. The molecular weight excluding hydrogens is 350 g/mol. The van der Waals surface area contributed by atoms with Gasteiger partial charge < -0.3 is 4.74 Å². The predicted molar refractivity (Wildman–Crippen MR) is 88.5 cm³/mol. The Balaban J connectivity index is 1.66. The second-order valence-corrected chi connectivity index (χ2v) is 8.22. The van der Waals surface area contributed by atoms with Crippen LogP contribution in [-0.4, -0.2) is 29.9 Å². The van der Waals surface area contributed by atoms with Gasteiger partial charge in [0.1, 0.15) is 5.54 Å². The fraction of sp³-hybridized carbons (Fsp3) is 0.562. The van der Waals surface area contributed by atoms with Crippen LogP contribution in [0.2, 0.25) is 0 Å². The van der Waals surface area contributed by atoms with E-state index in [-0.39, 0.29) is 5.97 Å². The SMILES string of the molecule is COC(=O)C1(NC2CC2)CCC(Sc2ccc(Br)cc2)C1. The molecule has 0 radical (unpaired) electrons. The quantitative estimate of drug-likeness (QED) is 0.801. The van der Waals surface area contributed by atoms with Gasteiger partial charge in [0.05, 0.1) is 7.11 Å². The van der Waals surface area contributed by atoms with Crippen LogP contribution in [0.1, 0.15) is 32.1 Å². The van der Waals surface area contributed by atoms with Crippen molar-refractivity contribution in [1.29, 1.82) is 0 Å². The van der Waals surface area contributed by atoms with Crippen molar-refractivity contribution in [2.24, 2.45) is 0 Å². The highest BCUT2D eigenvalue weighted by molar-refractivity contribution is 9.10. The normalized spacial score (nSPS) is 28.6. The topological polar surface area (TPSA) is 38.3 Å². The molecule has 2 aliphatic carbocycles. The number of rotatable bonds is 5. The van der Waals surface area contributed by atoms with Crippen molar-refractivity contribution in [3.05, 3.63) is 28.7 Å². The van der Waals surface area contributed by atoms with Crippen LogP contribution in [0.4, 0.5) is 0 Å². The molecule has 3 nitrogen and oxygen atoms in total. The maximum Gasteiger partial charge on any atom is 0.326 e. The minimum absolute atomic E-state index is 0.0895. The van der Waals surface area contributed by atoms with Gasteiger partial charge in [0, 0.05) is 20.7 Å². The maximum absolute atomic E-state index is 12.2. The highest BCUT2D eigenvalue weighted by atomic mass is 79.9. The van der Waals surface area contributed by atoms with Crippen LogP contribution in [0.25, 0.3) is 0 Å². The number of benzene rings is 1. The number of nitrogens with one attached hydrogen (secondary N) is 1. The predicted octanol–water partition coefficient (Wildman–Crippen LogP) is 3.76. The summed E-state index contributed by atoms with van der Waals surface area (Å²) in [5, 5.41) is 4.02. The van der Waals surface area contributed by atoms with Crippen LogP contribution in [0.3, 0.4) is 0 Å². The molecule has 2 fully saturated rings. The molecule has 5 heteroatoms. The van der Waals surface area contributed by atoms with Gasteiger partial charge in [-0.3, -0.25) is 10.1 Å². The van der Waals surface area contributed by atoms with Gasteiger partial charge in [0.15, 0.2) is 0 Å². The Morgan fingerprint density at radius 2 is 2.05 bits per heavy atom. The van der Waals surface area contributed by atoms with E-state index in [4.69, 9.17) is 4.74 Å². The lowest BCUT2D eigenvalue weighted by atomic mass is 9.97. The zero-order valence-corrected chi connectivity index (χ0v) is 14.5. The molecule has 2 unspecified atom stereocenters. The van der Waals surface area contributed by atoms with Crippen molar-refractivity contribution in [1.82, 2.24) is 5.32 Å². The molecule has 21 heavy (non-hydrogen) atoms. The lowest BCUT2D eigenvalue weighted by Gasteiger charge is -2.27.